The van der Waals surface area contributed by atoms with Gasteiger partial charge in [0.05, 0.1) is 16.2 Å². The highest BCUT2D eigenvalue weighted by atomic mass is 79.9. The van der Waals surface area contributed by atoms with Gasteiger partial charge in [0, 0.05) is 6.54 Å². The predicted octanol–water partition coefficient (Wildman–Crippen LogP) is 2.60. The van der Waals surface area contributed by atoms with Crippen LogP contribution in [0.4, 0.5) is 5.82 Å². The maximum atomic E-state index is 4.15. The third-order valence-electron chi connectivity index (χ3n) is 2.58. The molecule has 18 heavy (non-hydrogen) atoms. The van der Waals surface area contributed by atoms with Crippen molar-refractivity contribution in [3.05, 3.63) is 39.5 Å². The summed E-state index contributed by atoms with van der Waals surface area (Å²) in [5.74, 6) is 0.858. The maximum absolute atomic E-state index is 4.15. The van der Waals surface area contributed by atoms with Crippen molar-refractivity contribution >= 4 is 38.7 Å². The summed E-state index contributed by atoms with van der Waals surface area (Å²) in [6.07, 6.45) is 5.92. The van der Waals surface area contributed by atoms with Crippen LogP contribution in [0.15, 0.2) is 34.0 Å². The summed E-state index contributed by atoms with van der Waals surface area (Å²) in [7, 11) is 0. The van der Waals surface area contributed by atoms with E-state index in [0.29, 0.717) is 0 Å². The third-order valence-corrected chi connectivity index (χ3v) is 4.39. The number of hydrogen-bond donors (Lipinski definition) is 1. The SMILES string of the molecule is Brc1sccc1CCNc1cncc2ncnn12. The van der Waals surface area contributed by atoms with Gasteiger partial charge >= 0.3 is 0 Å². The molecule has 1 N–H and O–H groups in total. The minimum absolute atomic E-state index is 0.747. The molecule has 0 saturated heterocycles. The van der Waals surface area contributed by atoms with E-state index in [0.717, 1.165) is 24.4 Å². The predicted molar refractivity (Wildman–Crippen MR) is 75.0 cm³/mol. The molecule has 92 valence electrons. The van der Waals surface area contributed by atoms with E-state index in [1.807, 2.05) is 0 Å². The Morgan fingerprint density at radius 3 is 3.17 bits per heavy atom. The highest BCUT2D eigenvalue weighted by Crippen LogP contribution is 2.23. The van der Waals surface area contributed by atoms with Crippen molar-refractivity contribution in [2.45, 2.75) is 6.42 Å². The summed E-state index contributed by atoms with van der Waals surface area (Å²) in [5, 5.41) is 9.55. The lowest BCUT2D eigenvalue weighted by molar-refractivity contribution is 0.917. The first-order valence-electron chi connectivity index (χ1n) is 5.44. The number of halogens is 1. The van der Waals surface area contributed by atoms with Crippen LogP contribution < -0.4 is 5.32 Å². The number of nitrogens with zero attached hydrogens (tertiary/aromatic N) is 4. The first-order valence-corrected chi connectivity index (χ1v) is 7.11. The number of thiophene rings is 1. The second kappa shape index (κ2) is 5.03. The van der Waals surface area contributed by atoms with Gasteiger partial charge in [-0.3, -0.25) is 4.98 Å². The number of hydrogen-bond acceptors (Lipinski definition) is 5. The van der Waals surface area contributed by atoms with Crippen molar-refractivity contribution < 1.29 is 0 Å². The van der Waals surface area contributed by atoms with Crippen molar-refractivity contribution in [2.24, 2.45) is 0 Å². The van der Waals surface area contributed by atoms with E-state index < -0.39 is 0 Å². The zero-order valence-corrected chi connectivity index (χ0v) is 11.8. The van der Waals surface area contributed by atoms with E-state index in [-0.39, 0.29) is 0 Å². The molecule has 0 aromatic carbocycles. The summed E-state index contributed by atoms with van der Waals surface area (Å²) >= 11 is 5.24. The van der Waals surface area contributed by atoms with Crippen LogP contribution in [-0.4, -0.2) is 26.1 Å². The second-order valence-corrected chi connectivity index (χ2v) is 5.95. The van der Waals surface area contributed by atoms with Crippen molar-refractivity contribution in [1.82, 2.24) is 19.6 Å². The Bertz CT molecular complexity index is 662. The normalized spacial score (nSPS) is 10.9. The fourth-order valence-electron chi connectivity index (χ4n) is 1.70. The molecule has 0 fully saturated rings. The molecule has 0 unspecified atom stereocenters. The van der Waals surface area contributed by atoms with E-state index in [2.05, 4.69) is 47.8 Å². The number of rotatable bonds is 4. The monoisotopic (exact) mass is 323 g/mol. The number of fused-ring (bicyclic) bond motifs is 1. The number of anilines is 1. The van der Waals surface area contributed by atoms with Crippen molar-refractivity contribution in [1.29, 1.82) is 0 Å². The molecule has 3 aromatic rings. The Morgan fingerprint density at radius 1 is 1.39 bits per heavy atom. The summed E-state index contributed by atoms with van der Waals surface area (Å²) in [5.41, 5.74) is 2.06. The largest absolute Gasteiger partial charge is 0.368 e. The van der Waals surface area contributed by atoms with Gasteiger partial charge in [0.2, 0.25) is 0 Å². The minimum atomic E-state index is 0.747. The van der Waals surface area contributed by atoms with Gasteiger partial charge in [0.25, 0.3) is 0 Å². The molecule has 0 saturated carbocycles. The molecule has 3 heterocycles. The van der Waals surface area contributed by atoms with E-state index in [4.69, 9.17) is 0 Å². The van der Waals surface area contributed by atoms with Crippen LogP contribution >= 0.6 is 27.3 Å². The summed E-state index contributed by atoms with van der Waals surface area (Å²) in [6, 6.07) is 2.13. The summed E-state index contributed by atoms with van der Waals surface area (Å²) < 4.78 is 2.94. The van der Waals surface area contributed by atoms with Crippen LogP contribution in [0.5, 0.6) is 0 Å². The molecule has 5 nitrogen and oxygen atoms in total. The molecule has 0 atom stereocenters. The van der Waals surface area contributed by atoms with Gasteiger partial charge in [-0.15, -0.1) is 11.3 Å². The van der Waals surface area contributed by atoms with E-state index in [1.54, 1.807) is 28.2 Å². The molecule has 3 rings (SSSR count). The highest BCUT2D eigenvalue weighted by Gasteiger charge is 2.03. The Labute approximate surface area is 116 Å². The molecule has 0 aliphatic heterocycles. The quantitative estimate of drug-likeness (QED) is 0.801. The fourth-order valence-corrected chi connectivity index (χ4v) is 3.03. The lowest BCUT2D eigenvalue weighted by atomic mass is 10.2. The lowest BCUT2D eigenvalue weighted by Crippen LogP contribution is -2.09. The molecule has 0 spiro atoms. The Morgan fingerprint density at radius 2 is 2.33 bits per heavy atom. The smallest absolute Gasteiger partial charge is 0.175 e. The lowest BCUT2D eigenvalue weighted by Gasteiger charge is -2.06. The minimum Gasteiger partial charge on any atom is -0.368 e. The standard InChI is InChI=1S/C11H10BrN5S/c12-11-8(2-4-18-11)1-3-14-9-5-13-6-10-15-7-16-17(9)10/h2,4-7,14H,1,3H2. The van der Waals surface area contributed by atoms with Gasteiger partial charge in [-0.25, -0.2) is 4.98 Å². The molecule has 3 aromatic heterocycles. The van der Waals surface area contributed by atoms with Crippen LogP contribution in [0.25, 0.3) is 5.65 Å². The van der Waals surface area contributed by atoms with E-state index in [9.17, 15) is 0 Å². The summed E-state index contributed by atoms with van der Waals surface area (Å²) in [4.78, 5) is 8.22. The molecule has 0 bridgehead atoms. The van der Waals surface area contributed by atoms with Crippen LogP contribution in [0, 0.1) is 0 Å². The molecule has 0 radical (unpaired) electrons. The molecule has 0 amide bonds. The average molecular weight is 324 g/mol. The van der Waals surface area contributed by atoms with Gasteiger partial charge in [0.1, 0.15) is 12.1 Å². The van der Waals surface area contributed by atoms with E-state index >= 15 is 0 Å². The summed E-state index contributed by atoms with van der Waals surface area (Å²) in [6.45, 7) is 0.829. The van der Waals surface area contributed by atoms with Crippen molar-refractivity contribution in [2.75, 3.05) is 11.9 Å². The van der Waals surface area contributed by atoms with Crippen molar-refractivity contribution in [3.63, 3.8) is 0 Å². The first kappa shape index (κ1) is 11.6. The zero-order chi connectivity index (χ0) is 12.4. The molecular weight excluding hydrogens is 314 g/mol. The molecular formula is C11H10BrN5S. The van der Waals surface area contributed by atoms with Crippen LogP contribution in [-0.2, 0) is 6.42 Å². The maximum Gasteiger partial charge on any atom is 0.175 e. The fraction of sp³-hybridized carbons (Fsp3) is 0.182. The molecule has 0 aliphatic rings. The average Bonchev–Trinajstić information content (AvgIpc) is 2.99. The number of aromatic nitrogens is 4. The first-order chi connectivity index (χ1) is 8.84. The Kier molecular flexibility index (Phi) is 3.24. The van der Waals surface area contributed by atoms with Gasteiger partial charge in [-0.05, 0) is 39.4 Å². The topological polar surface area (TPSA) is 55.1 Å². The molecule has 0 aliphatic carbocycles. The number of nitrogens with one attached hydrogen (secondary N) is 1. The second-order valence-electron chi connectivity index (χ2n) is 3.72. The van der Waals surface area contributed by atoms with Crippen LogP contribution in [0.3, 0.4) is 0 Å². The van der Waals surface area contributed by atoms with Gasteiger partial charge in [0.15, 0.2) is 5.65 Å². The van der Waals surface area contributed by atoms with Crippen LogP contribution in [0.2, 0.25) is 0 Å². The van der Waals surface area contributed by atoms with Crippen LogP contribution in [0.1, 0.15) is 5.56 Å². The highest BCUT2D eigenvalue weighted by molar-refractivity contribution is 9.11. The van der Waals surface area contributed by atoms with Gasteiger partial charge < -0.3 is 5.32 Å². The van der Waals surface area contributed by atoms with Crippen molar-refractivity contribution in [3.8, 4) is 0 Å². The third kappa shape index (κ3) is 2.23. The Balaban J connectivity index is 1.70. The van der Waals surface area contributed by atoms with Gasteiger partial charge in [-0.1, -0.05) is 0 Å². The Hall–Kier alpha value is -1.47. The molecule has 7 heteroatoms. The van der Waals surface area contributed by atoms with E-state index in [1.165, 1.54) is 15.7 Å². The zero-order valence-electron chi connectivity index (χ0n) is 9.38. The van der Waals surface area contributed by atoms with Gasteiger partial charge in [-0.2, -0.15) is 9.61 Å².